The summed E-state index contributed by atoms with van der Waals surface area (Å²) in [7, 11) is 0. The molecule has 3 nitrogen and oxygen atoms in total. The Morgan fingerprint density at radius 2 is 1.80 bits per heavy atom. The van der Waals surface area contributed by atoms with E-state index in [9.17, 15) is 0 Å². The van der Waals surface area contributed by atoms with E-state index in [2.05, 4.69) is 0 Å². The molecule has 0 aliphatic carbocycles. The maximum Gasteiger partial charge on any atom is 0.129 e. The average molecular weight is 312 g/mol. The number of aliphatic hydroxyl groups excluding tert-OH is 1. The standard InChI is InChI=1S/C15H15Cl2NO2/c16-13-5-4-12(9-14(13)17)20-11-3-1-2-10(8-11)15(18)6-7-19/h1-5,8-9,15,19H,6-7,18H2. The molecule has 0 saturated carbocycles. The molecular weight excluding hydrogens is 297 g/mol. The molecule has 1 unspecified atom stereocenters. The van der Waals surface area contributed by atoms with Gasteiger partial charge in [0.05, 0.1) is 10.0 Å². The molecule has 0 bridgehead atoms. The Hall–Kier alpha value is -1.26. The Kier molecular flexibility index (Phi) is 5.26. The predicted octanol–water partition coefficient (Wildman–Crippen LogP) is 4.17. The molecule has 20 heavy (non-hydrogen) atoms. The van der Waals surface area contributed by atoms with Crippen LogP contribution in [-0.2, 0) is 0 Å². The van der Waals surface area contributed by atoms with E-state index in [4.69, 9.17) is 38.8 Å². The number of ether oxygens (including phenoxy) is 1. The van der Waals surface area contributed by atoms with Crippen LogP contribution >= 0.6 is 23.2 Å². The molecule has 2 aromatic rings. The number of benzene rings is 2. The van der Waals surface area contributed by atoms with E-state index in [1.54, 1.807) is 18.2 Å². The summed E-state index contributed by atoms with van der Waals surface area (Å²) in [6.45, 7) is 0.0546. The number of hydrogen-bond donors (Lipinski definition) is 2. The highest BCUT2D eigenvalue weighted by atomic mass is 35.5. The molecule has 5 heteroatoms. The largest absolute Gasteiger partial charge is 0.457 e. The van der Waals surface area contributed by atoms with Crippen LogP contribution in [-0.4, -0.2) is 11.7 Å². The summed E-state index contributed by atoms with van der Waals surface area (Å²) >= 11 is 11.8. The van der Waals surface area contributed by atoms with Crippen molar-refractivity contribution in [3.05, 3.63) is 58.1 Å². The third-order valence-corrected chi connectivity index (χ3v) is 3.59. The highest BCUT2D eigenvalue weighted by Crippen LogP contribution is 2.30. The molecule has 0 saturated heterocycles. The molecule has 106 valence electrons. The van der Waals surface area contributed by atoms with Gasteiger partial charge in [-0.15, -0.1) is 0 Å². The SMILES string of the molecule is NC(CCO)c1cccc(Oc2ccc(Cl)c(Cl)c2)c1. The van der Waals surface area contributed by atoms with Gasteiger partial charge in [0.15, 0.2) is 0 Å². The highest BCUT2D eigenvalue weighted by Gasteiger charge is 2.07. The highest BCUT2D eigenvalue weighted by molar-refractivity contribution is 6.42. The van der Waals surface area contributed by atoms with Crippen LogP contribution in [0.5, 0.6) is 11.5 Å². The molecule has 2 rings (SSSR count). The second-order valence-corrected chi connectivity index (χ2v) is 5.18. The molecule has 0 aromatic heterocycles. The maximum atomic E-state index is 8.92. The summed E-state index contributed by atoms with van der Waals surface area (Å²) in [5.74, 6) is 1.27. The minimum absolute atomic E-state index is 0.0546. The lowest BCUT2D eigenvalue weighted by Gasteiger charge is -2.12. The molecule has 0 heterocycles. The molecule has 3 N–H and O–H groups in total. The molecule has 0 spiro atoms. The zero-order valence-electron chi connectivity index (χ0n) is 10.7. The topological polar surface area (TPSA) is 55.5 Å². The van der Waals surface area contributed by atoms with Gasteiger partial charge in [-0.1, -0.05) is 35.3 Å². The molecule has 1 atom stereocenters. The average Bonchev–Trinajstić information content (AvgIpc) is 2.43. The summed E-state index contributed by atoms with van der Waals surface area (Å²) in [5.41, 5.74) is 6.87. The van der Waals surface area contributed by atoms with E-state index >= 15 is 0 Å². The van der Waals surface area contributed by atoms with E-state index < -0.39 is 0 Å². The zero-order valence-corrected chi connectivity index (χ0v) is 12.2. The van der Waals surface area contributed by atoms with Crippen molar-refractivity contribution in [3.8, 4) is 11.5 Å². The van der Waals surface area contributed by atoms with Crippen LogP contribution in [0.3, 0.4) is 0 Å². The monoisotopic (exact) mass is 311 g/mol. The van der Waals surface area contributed by atoms with Gasteiger partial charge in [-0.2, -0.15) is 0 Å². The normalized spacial score (nSPS) is 12.2. The quantitative estimate of drug-likeness (QED) is 0.871. The number of hydrogen-bond acceptors (Lipinski definition) is 3. The van der Waals surface area contributed by atoms with Gasteiger partial charge in [-0.3, -0.25) is 0 Å². The van der Waals surface area contributed by atoms with Crippen LogP contribution in [0.4, 0.5) is 0 Å². The first-order chi connectivity index (χ1) is 9.60. The van der Waals surface area contributed by atoms with Gasteiger partial charge in [0, 0.05) is 18.7 Å². The number of rotatable bonds is 5. The smallest absolute Gasteiger partial charge is 0.129 e. The van der Waals surface area contributed by atoms with E-state index in [0.29, 0.717) is 28.0 Å². The first kappa shape index (κ1) is 15.1. The van der Waals surface area contributed by atoms with Gasteiger partial charge in [0.1, 0.15) is 11.5 Å². The van der Waals surface area contributed by atoms with E-state index in [1.165, 1.54) is 0 Å². The van der Waals surface area contributed by atoms with Gasteiger partial charge >= 0.3 is 0 Å². The van der Waals surface area contributed by atoms with E-state index in [1.807, 2.05) is 24.3 Å². The summed E-state index contributed by atoms with van der Waals surface area (Å²) in [4.78, 5) is 0. The molecule has 0 amide bonds. The fraction of sp³-hybridized carbons (Fsp3) is 0.200. The molecule has 0 aliphatic heterocycles. The first-order valence-electron chi connectivity index (χ1n) is 6.19. The van der Waals surface area contributed by atoms with Crippen LogP contribution < -0.4 is 10.5 Å². The van der Waals surface area contributed by atoms with Crippen molar-refractivity contribution in [2.75, 3.05) is 6.61 Å². The van der Waals surface area contributed by atoms with Gasteiger partial charge in [0.2, 0.25) is 0 Å². The summed E-state index contributed by atoms with van der Waals surface area (Å²) in [6.07, 6.45) is 0.510. The van der Waals surface area contributed by atoms with E-state index in [-0.39, 0.29) is 12.6 Å². The van der Waals surface area contributed by atoms with Crippen LogP contribution in [0.25, 0.3) is 0 Å². The van der Waals surface area contributed by atoms with Crippen molar-refractivity contribution >= 4 is 23.2 Å². The first-order valence-corrected chi connectivity index (χ1v) is 6.95. The Morgan fingerprint density at radius 1 is 1.05 bits per heavy atom. The Bertz CT molecular complexity index is 590. The molecule has 2 aromatic carbocycles. The summed E-state index contributed by atoms with van der Waals surface area (Å²) < 4.78 is 5.72. The number of halogens is 2. The summed E-state index contributed by atoms with van der Waals surface area (Å²) in [5, 5.41) is 9.85. The van der Waals surface area contributed by atoms with Gasteiger partial charge in [0.25, 0.3) is 0 Å². The van der Waals surface area contributed by atoms with Crippen LogP contribution in [0, 0.1) is 0 Å². The Morgan fingerprint density at radius 3 is 2.50 bits per heavy atom. The second-order valence-electron chi connectivity index (χ2n) is 4.37. The van der Waals surface area contributed by atoms with Gasteiger partial charge < -0.3 is 15.6 Å². The third kappa shape index (κ3) is 3.87. The van der Waals surface area contributed by atoms with Crippen LogP contribution in [0.1, 0.15) is 18.0 Å². The van der Waals surface area contributed by atoms with Gasteiger partial charge in [-0.05, 0) is 36.2 Å². The minimum atomic E-state index is -0.211. The van der Waals surface area contributed by atoms with Crippen molar-refractivity contribution in [3.63, 3.8) is 0 Å². The number of aliphatic hydroxyl groups is 1. The van der Waals surface area contributed by atoms with Crippen molar-refractivity contribution in [1.29, 1.82) is 0 Å². The molecule has 0 radical (unpaired) electrons. The zero-order chi connectivity index (χ0) is 14.5. The van der Waals surface area contributed by atoms with Crippen molar-refractivity contribution in [2.24, 2.45) is 5.73 Å². The Balaban J connectivity index is 2.16. The molecule has 0 aliphatic rings. The molecular formula is C15H15Cl2NO2. The second kappa shape index (κ2) is 6.95. The number of nitrogens with two attached hydrogens (primary N) is 1. The predicted molar refractivity (Wildman–Crippen MR) is 81.6 cm³/mol. The Labute approximate surface area is 127 Å². The van der Waals surface area contributed by atoms with Crippen LogP contribution in [0.15, 0.2) is 42.5 Å². The fourth-order valence-corrected chi connectivity index (χ4v) is 2.08. The fourth-order valence-electron chi connectivity index (χ4n) is 1.79. The lowest BCUT2D eigenvalue weighted by molar-refractivity contribution is 0.276. The third-order valence-electron chi connectivity index (χ3n) is 2.85. The van der Waals surface area contributed by atoms with Crippen molar-refractivity contribution in [2.45, 2.75) is 12.5 Å². The lowest BCUT2D eigenvalue weighted by atomic mass is 10.1. The van der Waals surface area contributed by atoms with Crippen molar-refractivity contribution < 1.29 is 9.84 Å². The summed E-state index contributed by atoms with van der Waals surface area (Å²) in [6, 6.07) is 12.3. The van der Waals surface area contributed by atoms with E-state index in [0.717, 1.165) is 5.56 Å². The van der Waals surface area contributed by atoms with Crippen LogP contribution in [0.2, 0.25) is 10.0 Å². The maximum absolute atomic E-state index is 8.92. The van der Waals surface area contributed by atoms with Crippen molar-refractivity contribution in [1.82, 2.24) is 0 Å². The lowest BCUT2D eigenvalue weighted by Crippen LogP contribution is -2.11. The molecule has 0 fully saturated rings. The van der Waals surface area contributed by atoms with Gasteiger partial charge in [-0.25, -0.2) is 0 Å². The minimum Gasteiger partial charge on any atom is -0.457 e.